The summed E-state index contributed by atoms with van der Waals surface area (Å²) in [6.07, 6.45) is -4.56. The van der Waals surface area contributed by atoms with Crippen LogP contribution in [0.15, 0.2) is 47.4 Å². The van der Waals surface area contributed by atoms with Crippen molar-refractivity contribution < 1.29 is 26.4 Å². The molecule has 1 amide bonds. The molecule has 3 rings (SSSR count). The summed E-state index contributed by atoms with van der Waals surface area (Å²) in [7, 11) is -3.92. The molecular weight excluding hydrogens is 452 g/mol. The van der Waals surface area contributed by atoms with Crippen LogP contribution in [0.25, 0.3) is 0 Å². The third kappa shape index (κ3) is 4.53. The lowest BCUT2D eigenvalue weighted by Crippen LogP contribution is -2.50. The van der Waals surface area contributed by atoms with E-state index in [0.29, 0.717) is 0 Å². The number of hydrogen-bond acceptors (Lipinski definition) is 3. The van der Waals surface area contributed by atoms with Gasteiger partial charge in [0.1, 0.15) is 4.90 Å². The zero-order valence-electron chi connectivity index (χ0n) is 14.8. The molecule has 0 aromatic heterocycles. The number of benzene rings is 2. The highest BCUT2D eigenvalue weighted by Gasteiger charge is 2.34. The molecule has 1 saturated heterocycles. The Labute approximate surface area is 175 Å². The Bertz CT molecular complexity index is 1040. The smallest absolute Gasteiger partial charge is 0.336 e. The molecule has 0 N–H and O–H groups in total. The van der Waals surface area contributed by atoms with Gasteiger partial charge in [0.05, 0.1) is 15.6 Å². The Kier molecular flexibility index (Phi) is 6.14. The van der Waals surface area contributed by atoms with E-state index in [0.717, 1.165) is 18.2 Å². The number of halogens is 5. The normalized spacial score (nSPS) is 16.1. The van der Waals surface area contributed by atoms with E-state index in [1.165, 1.54) is 33.5 Å². The minimum absolute atomic E-state index is 0.0180. The predicted molar refractivity (Wildman–Crippen MR) is 103 cm³/mol. The molecule has 0 bridgehead atoms. The second-order valence-corrected chi connectivity index (χ2v) is 9.02. The minimum Gasteiger partial charge on any atom is -0.336 e. The molecule has 2 aromatic carbocycles. The quantitative estimate of drug-likeness (QED) is 0.682. The number of alkyl halides is 3. The first-order chi connectivity index (χ1) is 13.5. The molecule has 5 nitrogen and oxygen atoms in total. The maximum atomic E-state index is 12.9. The van der Waals surface area contributed by atoms with Crippen molar-refractivity contribution >= 4 is 39.1 Å². The molecule has 2 aromatic rings. The molecule has 0 unspecified atom stereocenters. The SMILES string of the molecule is O=C(c1cccc(C(F)(F)F)c1)N1CCN(S(=O)(=O)c2cccc(Cl)c2Cl)CC1. The molecule has 0 aliphatic carbocycles. The van der Waals surface area contributed by atoms with Gasteiger partial charge in [0.25, 0.3) is 5.91 Å². The number of hydrogen-bond donors (Lipinski definition) is 0. The Balaban J connectivity index is 1.74. The third-order valence-electron chi connectivity index (χ3n) is 4.50. The lowest BCUT2D eigenvalue weighted by Gasteiger charge is -2.34. The molecule has 1 heterocycles. The maximum Gasteiger partial charge on any atom is 0.416 e. The first kappa shape index (κ1) is 21.9. The Hall–Kier alpha value is -1.81. The van der Waals surface area contributed by atoms with E-state index in [1.54, 1.807) is 0 Å². The van der Waals surface area contributed by atoms with Gasteiger partial charge in [0.2, 0.25) is 10.0 Å². The van der Waals surface area contributed by atoms with Crippen molar-refractivity contribution in [1.82, 2.24) is 9.21 Å². The number of amides is 1. The summed E-state index contributed by atoms with van der Waals surface area (Å²) in [5.41, 5.74) is -1.02. The molecule has 156 valence electrons. The van der Waals surface area contributed by atoms with Crippen molar-refractivity contribution in [2.45, 2.75) is 11.1 Å². The van der Waals surface area contributed by atoms with E-state index < -0.39 is 27.7 Å². The van der Waals surface area contributed by atoms with Crippen molar-refractivity contribution in [2.24, 2.45) is 0 Å². The van der Waals surface area contributed by atoms with E-state index in [9.17, 15) is 26.4 Å². The fourth-order valence-electron chi connectivity index (χ4n) is 2.96. The summed E-state index contributed by atoms with van der Waals surface area (Å²) in [6, 6.07) is 8.41. The van der Waals surface area contributed by atoms with Gasteiger partial charge in [0.15, 0.2) is 0 Å². The van der Waals surface area contributed by atoms with E-state index >= 15 is 0 Å². The van der Waals surface area contributed by atoms with Crippen LogP contribution in [-0.4, -0.2) is 49.7 Å². The van der Waals surface area contributed by atoms with Gasteiger partial charge in [-0.1, -0.05) is 35.3 Å². The van der Waals surface area contributed by atoms with E-state index in [1.807, 2.05) is 0 Å². The largest absolute Gasteiger partial charge is 0.416 e. The number of nitrogens with zero attached hydrogens (tertiary/aromatic N) is 2. The van der Waals surface area contributed by atoms with Crippen molar-refractivity contribution in [2.75, 3.05) is 26.2 Å². The maximum absolute atomic E-state index is 12.9. The van der Waals surface area contributed by atoms with Crippen molar-refractivity contribution in [3.63, 3.8) is 0 Å². The fourth-order valence-corrected chi connectivity index (χ4v) is 5.12. The molecule has 0 radical (unpaired) electrons. The topological polar surface area (TPSA) is 57.7 Å². The molecule has 1 aliphatic heterocycles. The van der Waals surface area contributed by atoms with Gasteiger partial charge in [-0.2, -0.15) is 17.5 Å². The second kappa shape index (κ2) is 8.14. The Morgan fingerprint density at radius 2 is 1.59 bits per heavy atom. The number of piperazine rings is 1. The second-order valence-electron chi connectivity index (χ2n) is 6.33. The van der Waals surface area contributed by atoms with Gasteiger partial charge in [-0.25, -0.2) is 8.42 Å². The molecule has 29 heavy (non-hydrogen) atoms. The summed E-state index contributed by atoms with van der Waals surface area (Å²) >= 11 is 11.9. The average Bonchev–Trinajstić information content (AvgIpc) is 2.69. The van der Waals surface area contributed by atoms with Gasteiger partial charge in [-0.3, -0.25) is 4.79 Å². The summed E-state index contributed by atoms with van der Waals surface area (Å²) in [5.74, 6) is -0.589. The molecular formula is C18H15Cl2F3N2O3S. The van der Waals surface area contributed by atoms with Crippen LogP contribution < -0.4 is 0 Å². The summed E-state index contributed by atoms with van der Waals surface area (Å²) in [6.45, 7) is 0.0325. The highest BCUT2D eigenvalue weighted by atomic mass is 35.5. The van der Waals surface area contributed by atoms with Crippen LogP contribution >= 0.6 is 23.2 Å². The number of carbonyl (C=O) groups excluding carboxylic acids is 1. The highest BCUT2D eigenvalue weighted by molar-refractivity contribution is 7.89. The van der Waals surface area contributed by atoms with E-state index in [4.69, 9.17) is 23.2 Å². The molecule has 0 saturated carbocycles. The molecule has 1 fully saturated rings. The number of sulfonamides is 1. The van der Waals surface area contributed by atoms with E-state index in [2.05, 4.69) is 0 Å². The lowest BCUT2D eigenvalue weighted by atomic mass is 10.1. The minimum atomic E-state index is -4.56. The van der Waals surface area contributed by atoms with Gasteiger partial charge in [-0.15, -0.1) is 0 Å². The van der Waals surface area contributed by atoms with Crippen LogP contribution in [0.1, 0.15) is 15.9 Å². The van der Waals surface area contributed by atoms with Crippen LogP contribution in [0.3, 0.4) is 0 Å². The molecule has 1 aliphatic rings. The highest BCUT2D eigenvalue weighted by Crippen LogP contribution is 2.32. The lowest BCUT2D eigenvalue weighted by molar-refractivity contribution is -0.137. The van der Waals surface area contributed by atoms with Gasteiger partial charge in [-0.05, 0) is 30.3 Å². The predicted octanol–water partition coefficient (Wildman–Crippen LogP) is 4.16. The zero-order valence-corrected chi connectivity index (χ0v) is 17.1. The number of carbonyl (C=O) groups is 1. The Morgan fingerprint density at radius 1 is 0.966 bits per heavy atom. The van der Waals surface area contributed by atoms with Gasteiger partial charge in [0, 0.05) is 31.7 Å². The summed E-state index contributed by atoms with van der Waals surface area (Å²) in [4.78, 5) is 13.7. The standard InChI is InChI=1S/C18H15Cl2F3N2O3S/c19-14-5-2-6-15(16(14)20)29(27,28)25-9-7-24(8-10-25)17(26)12-3-1-4-13(11-12)18(21,22)23/h1-6,11H,7-10H2. The summed E-state index contributed by atoms with van der Waals surface area (Å²) < 4.78 is 65.4. The summed E-state index contributed by atoms with van der Waals surface area (Å²) in [5, 5.41) is 0.0164. The van der Waals surface area contributed by atoms with Crippen LogP contribution in [-0.2, 0) is 16.2 Å². The van der Waals surface area contributed by atoms with Crippen molar-refractivity contribution in [3.05, 3.63) is 63.6 Å². The Morgan fingerprint density at radius 3 is 2.21 bits per heavy atom. The van der Waals surface area contributed by atoms with Gasteiger partial charge >= 0.3 is 6.18 Å². The average molecular weight is 467 g/mol. The third-order valence-corrected chi connectivity index (χ3v) is 7.37. The van der Waals surface area contributed by atoms with Crippen LogP contribution in [0.5, 0.6) is 0 Å². The fraction of sp³-hybridized carbons (Fsp3) is 0.278. The first-order valence-electron chi connectivity index (χ1n) is 8.42. The molecule has 0 atom stereocenters. The van der Waals surface area contributed by atoms with Crippen LogP contribution in [0, 0.1) is 0 Å². The monoisotopic (exact) mass is 466 g/mol. The van der Waals surface area contributed by atoms with Gasteiger partial charge < -0.3 is 4.90 Å². The van der Waals surface area contributed by atoms with Crippen molar-refractivity contribution in [1.29, 1.82) is 0 Å². The molecule has 11 heteroatoms. The number of rotatable bonds is 3. The van der Waals surface area contributed by atoms with Crippen LogP contribution in [0.4, 0.5) is 13.2 Å². The molecule has 0 spiro atoms. The van der Waals surface area contributed by atoms with Crippen molar-refractivity contribution in [3.8, 4) is 0 Å². The van der Waals surface area contributed by atoms with Crippen LogP contribution in [0.2, 0.25) is 10.0 Å². The first-order valence-corrected chi connectivity index (χ1v) is 10.6. The van der Waals surface area contributed by atoms with E-state index in [-0.39, 0.29) is 46.7 Å². The zero-order chi connectivity index (χ0) is 21.4.